The largest absolute Gasteiger partial charge is 0.748 e. The number of aliphatic imine (C=N–C) groups is 1. The molecule has 15 nitrogen and oxygen atoms in total. The molecular weight excluding hydrogens is 552 g/mol. The van der Waals surface area contributed by atoms with Crippen LogP contribution in [0, 0.1) is 11.8 Å². The summed E-state index contributed by atoms with van der Waals surface area (Å²) in [5.41, 5.74) is 23.8. The number of allylic oxidation sites excluding steroid dienone is 1. The number of hydrogen-bond donors (Lipinski definition) is 6. The fraction of sp³-hybridized carbons (Fsp3) is 0.182. The molecule has 0 aliphatic carbocycles. The lowest BCUT2D eigenvalue weighted by Gasteiger charge is -2.34. The molecule has 0 saturated carbocycles. The fourth-order valence-electron chi connectivity index (χ4n) is 3.62. The number of amides is 1. The molecule has 0 unspecified atom stereocenters. The number of nitrogens with two attached hydrogens (primary N) is 4. The molecule has 0 fully saturated rings. The van der Waals surface area contributed by atoms with E-state index in [1.54, 1.807) is 47.3 Å². The van der Waals surface area contributed by atoms with E-state index in [2.05, 4.69) is 27.1 Å². The molecule has 2 heterocycles. The smallest absolute Gasteiger partial charge is 0.316 e. The highest BCUT2D eigenvalue weighted by atomic mass is 32.2. The maximum absolute atomic E-state index is 11.7. The number of rotatable bonds is 6. The SMILES string of the molecule is NC(=O)C[n+]1ccc(-c2ccc(N=C(N)[NH+]=C(N)N)cc2C#CC2=CN[C@H](S(=O)(=O)[O-])[C@H](S(=O)(=O)[O-])C2)cc1. The highest BCUT2D eigenvalue weighted by Gasteiger charge is 2.35. The Bertz CT molecular complexity index is 1650. The Kier molecular flexibility index (Phi) is 8.56. The monoisotopic (exact) mass is 576 g/mol. The van der Waals surface area contributed by atoms with Crippen molar-refractivity contribution in [3.05, 3.63) is 60.1 Å². The lowest BCUT2D eigenvalue weighted by Crippen LogP contribution is -2.84. The molecule has 1 amide bonds. The van der Waals surface area contributed by atoms with Crippen molar-refractivity contribution in [1.82, 2.24) is 5.32 Å². The van der Waals surface area contributed by atoms with Crippen molar-refractivity contribution in [3.63, 3.8) is 0 Å². The lowest BCUT2D eigenvalue weighted by atomic mass is 9.99. The summed E-state index contributed by atoms with van der Waals surface area (Å²) in [6.07, 6.45) is 3.75. The van der Waals surface area contributed by atoms with E-state index in [4.69, 9.17) is 22.9 Å². The van der Waals surface area contributed by atoms with Gasteiger partial charge in [-0.05, 0) is 23.3 Å². The number of nitrogens with one attached hydrogen (secondary N) is 2. The second kappa shape index (κ2) is 11.5. The van der Waals surface area contributed by atoms with Crippen molar-refractivity contribution in [2.75, 3.05) is 0 Å². The quantitative estimate of drug-likeness (QED) is 0.0626. The van der Waals surface area contributed by atoms with Crippen LogP contribution in [-0.4, -0.2) is 54.4 Å². The molecular formula is C22H24N8O7S2. The maximum Gasteiger partial charge on any atom is 0.316 e. The molecule has 2 atom stereocenters. The molecule has 2 aromatic rings. The van der Waals surface area contributed by atoms with Crippen LogP contribution < -0.4 is 37.8 Å². The Morgan fingerprint density at radius 2 is 1.72 bits per heavy atom. The van der Waals surface area contributed by atoms with E-state index in [9.17, 15) is 30.7 Å². The van der Waals surface area contributed by atoms with Crippen LogP contribution in [0.3, 0.4) is 0 Å². The summed E-state index contributed by atoms with van der Waals surface area (Å²) in [6.45, 7) is -0.0286. The Morgan fingerprint density at radius 3 is 2.28 bits per heavy atom. The minimum absolute atomic E-state index is 0.0286. The predicted molar refractivity (Wildman–Crippen MR) is 137 cm³/mol. The minimum Gasteiger partial charge on any atom is -0.748 e. The van der Waals surface area contributed by atoms with Crippen LogP contribution in [0.4, 0.5) is 5.69 Å². The normalized spacial score (nSPS) is 17.7. The molecule has 39 heavy (non-hydrogen) atoms. The minimum atomic E-state index is -5.16. The number of primary amides is 1. The van der Waals surface area contributed by atoms with Gasteiger partial charge in [0.25, 0.3) is 11.9 Å². The first-order chi connectivity index (χ1) is 18.1. The summed E-state index contributed by atoms with van der Waals surface area (Å²) in [5, 5.41) is -2.04. The molecule has 1 aliphatic rings. The third-order valence-electron chi connectivity index (χ3n) is 5.29. The van der Waals surface area contributed by atoms with Gasteiger partial charge in [0, 0.05) is 35.9 Å². The van der Waals surface area contributed by atoms with Gasteiger partial charge in [0.05, 0.1) is 5.25 Å². The zero-order chi connectivity index (χ0) is 29.0. The molecule has 1 aromatic carbocycles. The van der Waals surface area contributed by atoms with Crippen LogP contribution in [0.5, 0.6) is 0 Å². The number of nitrogens with zero attached hydrogens (tertiary/aromatic N) is 2. The van der Waals surface area contributed by atoms with Gasteiger partial charge in [-0.1, -0.05) is 17.9 Å². The fourth-order valence-corrected chi connectivity index (χ4v) is 5.91. The Hall–Kier alpha value is -4.50. The molecule has 206 valence electrons. The second-order valence-electron chi connectivity index (χ2n) is 8.27. The summed E-state index contributed by atoms with van der Waals surface area (Å²) in [6, 6.07) is 8.27. The van der Waals surface area contributed by atoms with Crippen LogP contribution in [-0.2, 0) is 31.6 Å². The van der Waals surface area contributed by atoms with Gasteiger partial charge in [-0.3, -0.25) is 4.79 Å². The summed E-state index contributed by atoms with van der Waals surface area (Å²) < 4.78 is 70.9. The average molecular weight is 577 g/mol. The molecule has 10 N–H and O–H groups in total. The van der Waals surface area contributed by atoms with Crippen molar-refractivity contribution < 1.29 is 40.3 Å². The zero-order valence-corrected chi connectivity index (χ0v) is 21.7. The zero-order valence-electron chi connectivity index (χ0n) is 20.1. The van der Waals surface area contributed by atoms with Gasteiger partial charge in [-0.2, -0.15) is 4.57 Å². The first-order valence-electron chi connectivity index (χ1n) is 10.9. The van der Waals surface area contributed by atoms with Crippen LogP contribution in [0.15, 0.2) is 59.5 Å². The molecule has 3 rings (SSSR count). The van der Waals surface area contributed by atoms with Gasteiger partial charge in [0.15, 0.2) is 12.4 Å². The van der Waals surface area contributed by atoms with Crippen LogP contribution >= 0.6 is 0 Å². The van der Waals surface area contributed by atoms with Crippen LogP contribution in [0.25, 0.3) is 11.1 Å². The molecule has 0 spiro atoms. The number of hydrogen-bond acceptors (Lipinski definition) is 9. The third kappa shape index (κ3) is 7.99. The lowest BCUT2D eigenvalue weighted by molar-refractivity contribution is -0.684. The van der Waals surface area contributed by atoms with E-state index in [1.807, 2.05) is 0 Å². The van der Waals surface area contributed by atoms with E-state index in [0.717, 1.165) is 6.20 Å². The molecule has 1 aromatic heterocycles. The predicted octanol–water partition coefficient (Wildman–Crippen LogP) is -4.56. The highest BCUT2D eigenvalue weighted by molar-refractivity contribution is 7.90. The van der Waals surface area contributed by atoms with Crippen molar-refractivity contribution in [2.24, 2.45) is 27.9 Å². The Labute approximate surface area is 223 Å². The summed E-state index contributed by atoms with van der Waals surface area (Å²) in [5.74, 6) is 4.76. The number of aromatic nitrogens is 1. The molecule has 17 heteroatoms. The van der Waals surface area contributed by atoms with Crippen molar-refractivity contribution in [1.29, 1.82) is 0 Å². The van der Waals surface area contributed by atoms with Gasteiger partial charge < -0.3 is 37.4 Å². The number of carbonyl (C=O) groups excluding carboxylic acids is 1. The maximum atomic E-state index is 11.7. The molecule has 0 bridgehead atoms. The van der Waals surface area contributed by atoms with E-state index in [1.165, 1.54) is 0 Å². The van der Waals surface area contributed by atoms with Crippen molar-refractivity contribution in [2.45, 2.75) is 23.6 Å². The van der Waals surface area contributed by atoms with Gasteiger partial charge in [-0.15, -0.1) is 4.99 Å². The topological polar surface area (TPSA) is 278 Å². The summed E-state index contributed by atoms with van der Waals surface area (Å²) in [7, 11) is -10.3. The van der Waals surface area contributed by atoms with Gasteiger partial charge in [0.2, 0.25) is 6.54 Å². The Balaban J connectivity index is 2.07. The third-order valence-corrected chi connectivity index (χ3v) is 7.73. The number of benzene rings is 1. The van der Waals surface area contributed by atoms with Crippen LogP contribution in [0.1, 0.15) is 12.0 Å². The number of carbonyl (C=O) groups is 1. The van der Waals surface area contributed by atoms with Gasteiger partial charge >= 0.3 is 5.96 Å². The van der Waals surface area contributed by atoms with Crippen LogP contribution in [0.2, 0.25) is 0 Å². The average Bonchev–Trinajstić information content (AvgIpc) is 2.81. The Morgan fingerprint density at radius 1 is 1.05 bits per heavy atom. The van der Waals surface area contributed by atoms with Gasteiger partial charge in [-0.25, -0.2) is 21.8 Å². The number of pyridine rings is 1. The van der Waals surface area contributed by atoms with Gasteiger partial charge in [0.1, 0.15) is 31.3 Å². The summed E-state index contributed by atoms with van der Waals surface area (Å²) in [4.78, 5) is 17.8. The van der Waals surface area contributed by atoms with E-state index < -0.39 is 43.2 Å². The first kappa shape index (κ1) is 29.1. The highest BCUT2D eigenvalue weighted by Crippen LogP contribution is 2.27. The van der Waals surface area contributed by atoms with Crippen molar-refractivity contribution >= 4 is 43.7 Å². The second-order valence-corrected chi connectivity index (χ2v) is 11.4. The number of guanidine groups is 2. The van der Waals surface area contributed by atoms with Crippen molar-refractivity contribution in [3.8, 4) is 23.0 Å². The molecule has 0 saturated heterocycles. The first-order valence-corrected chi connectivity index (χ1v) is 13.8. The standard InChI is InChI=1S/C22H24N8O7S2/c23-19(31)12-30-7-5-14(6-8-30)17-4-3-16(28-22(26)29-21(24)25)10-15(17)2-1-13-9-18(38(32,33)34)20(27-11-13)39(35,36)37/h3-8,10-11,18,20H,9,12H2,(H10,23,24,25,26,27,28,29,31,32,33,34,35,36,37)/t18-,20-/m1/s1. The van der Waals surface area contributed by atoms with E-state index in [-0.39, 0.29) is 24.0 Å². The van der Waals surface area contributed by atoms with E-state index >= 15 is 0 Å². The van der Waals surface area contributed by atoms with E-state index in [0.29, 0.717) is 22.4 Å². The summed E-state index contributed by atoms with van der Waals surface area (Å²) >= 11 is 0. The molecule has 0 radical (unpaired) electrons. The molecule has 1 aliphatic heterocycles.